The van der Waals surface area contributed by atoms with Crippen LogP contribution in [0.1, 0.15) is 31.9 Å². The average Bonchev–Trinajstić information content (AvgIpc) is 2.66. The van der Waals surface area contributed by atoms with Crippen molar-refractivity contribution in [2.24, 2.45) is 0 Å². The minimum absolute atomic E-state index is 0.0560. The SMILES string of the molecule is CCC(=O)Nc1ccc([C@@H]2NC(=S)N(C)C(C)=C2C(=O)OCCOC)cc1. The predicted molar refractivity (Wildman–Crippen MR) is 107 cm³/mol. The number of carbonyl (C=O) groups excluding carboxylic acids is 2. The van der Waals surface area contributed by atoms with Crippen molar-refractivity contribution in [1.82, 2.24) is 10.2 Å². The number of benzene rings is 1. The predicted octanol–water partition coefficient (Wildman–Crippen LogP) is 2.36. The lowest BCUT2D eigenvalue weighted by atomic mass is 9.95. The van der Waals surface area contributed by atoms with Crippen molar-refractivity contribution < 1.29 is 19.1 Å². The Bertz CT molecular complexity index is 746. The van der Waals surface area contributed by atoms with Crippen molar-refractivity contribution in [2.75, 3.05) is 32.7 Å². The molecule has 0 radical (unpaired) electrons. The highest BCUT2D eigenvalue weighted by atomic mass is 32.1. The van der Waals surface area contributed by atoms with E-state index in [2.05, 4.69) is 10.6 Å². The molecule has 0 spiro atoms. The van der Waals surface area contributed by atoms with Crippen molar-refractivity contribution in [3.63, 3.8) is 0 Å². The number of nitrogens with zero attached hydrogens (tertiary/aromatic N) is 1. The number of allylic oxidation sites excluding steroid dienone is 1. The zero-order valence-electron chi connectivity index (χ0n) is 16.0. The molecule has 0 fully saturated rings. The lowest BCUT2D eigenvalue weighted by Crippen LogP contribution is -2.46. The van der Waals surface area contributed by atoms with Gasteiger partial charge < -0.3 is 25.0 Å². The molecule has 1 aliphatic heterocycles. The summed E-state index contributed by atoms with van der Waals surface area (Å²) < 4.78 is 10.3. The van der Waals surface area contributed by atoms with Gasteiger partial charge in [-0.05, 0) is 36.8 Å². The van der Waals surface area contributed by atoms with Crippen LogP contribution in [0.25, 0.3) is 0 Å². The van der Waals surface area contributed by atoms with Gasteiger partial charge in [0.25, 0.3) is 0 Å². The minimum atomic E-state index is -0.431. The molecule has 0 unspecified atom stereocenters. The standard InChI is InChI=1S/C19H25N3O4S/c1-5-15(23)20-14-8-6-13(7-9-14)17-16(18(24)26-11-10-25-4)12(2)22(3)19(27)21-17/h6-9,17H,5,10-11H2,1-4H3,(H,20,23)(H,21,27)/t17-/m0/s1. The number of rotatable bonds is 7. The van der Waals surface area contributed by atoms with Crippen LogP contribution in [0.2, 0.25) is 0 Å². The van der Waals surface area contributed by atoms with E-state index < -0.39 is 12.0 Å². The third-order valence-electron chi connectivity index (χ3n) is 4.34. The Balaban J connectivity index is 2.29. The maximum Gasteiger partial charge on any atom is 0.338 e. The third-order valence-corrected chi connectivity index (χ3v) is 4.74. The fourth-order valence-electron chi connectivity index (χ4n) is 2.65. The van der Waals surface area contributed by atoms with Crippen molar-refractivity contribution >= 4 is 34.9 Å². The van der Waals surface area contributed by atoms with Crippen LogP contribution in [0.3, 0.4) is 0 Å². The van der Waals surface area contributed by atoms with Gasteiger partial charge in [0.1, 0.15) is 6.61 Å². The van der Waals surface area contributed by atoms with Gasteiger partial charge in [0.2, 0.25) is 5.91 Å². The molecule has 2 rings (SSSR count). The molecule has 0 bridgehead atoms. The van der Waals surface area contributed by atoms with E-state index in [-0.39, 0.29) is 12.5 Å². The molecule has 146 valence electrons. The molecular weight excluding hydrogens is 366 g/mol. The van der Waals surface area contributed by atoms with Gasteiger partial charge in [0.15, 0.2) is 5.11 Å². The van der Waals surface area contributed by atoms with Crippen molar-refractivity contribution in [3.8, 4) is 0 Å². The normalized spacial score (nSPS) is 16.8. The molecule has 0 saturated carbocycles. The Labute approximate surface area is 164 Å². The summed E-state index contributed by atoms with van der Waals surface area (Å²) in [4.78, 5) is 25.9. The largest absolute Gasteiger partial charge is 0.460 e. The number of thiocarbonyl (C=S) groups is 1. The van der Waals surface area contributed by atoms with E-state index in [9.17, 15) is 9.59 Å². The van der Waals surface area contributed by atoms with Gasteiger partial charge in [0, 0.05) is 32.0 Å². The fourth-order valence-corrected chi connectivity index (χ4v) is 2.91. The summed E-state index contributed by atoms with van der Waals surface area (Å²) >= 11 is 5.38. The first-order valence-electron chi connectivity index (χ1n) is 8.69. The number of hydrogen-bond acceptors (Lipinski definition) is 5. The van der Waals surface area contributed by atoms with Gasteiger partial charge in [-0.15, -0.1) is 0 Å². The monoisotopic (exact) mass is 391 g/mol. The summed E-state index contributed by atoms with van der Waals surface area (Å²) in [5.41, 5.74) is 2.77. The number of carbonyl (C=O) groups is 2. The number of hydrogen-bond donors (Lipinski definition) is 2. The molecule has 0 saturated heterocycles. The summed E-state index contributed by atoms with van der Waals surface area (Å²) in [6.07, 6.45) is 0.409. The Morgan fingerprint density at radius 1 is 1.26 bits per heavy atom. The second-order valence-electron chi connectivity index (χ2n) is 6.09. The summed E-state index contributed by atoms with van der Waals surface area (Å²) in [6.45, 7) is 4.14. The summed E-state index contributed by atoms with van der Waals surface area (Å²) in [6, 6.07) is 6.88. The maximum atomic E-state index is 12.7. The Hall–Kier alpha value is -2.45. The van der Waals surface area contributed by atoms with E-state index >= 15 is 0 Å². The summed E-state index contributed by atoms with van der Waals surface area (Å²) in [5, 5.41) is 6.51. The first-order chi connectivity index (χ1) is 12.9. The van der Waals surface area contributed by atoms with Crippen LogP contribution >= 0.6 is 12.2 Å². The quantitative estimate of drug-likeness (QED) is 0.420. The van der Waals surface area contributed by atoms with Crippen LogP contribution in [0.4, 0.5) is 5.69 Å². The molecule has 1 atom stereocenters. The lowest BCUT2D eigenvalue weighted by Gasteiger charge is -2.35. The molecule has 1 heterocycles. The molecule has 1 amide bonds. The minimum Gasteiger partial charge on any atom is -0.460 e. The van der Waals surface area contributed by atoms with Crippen LogP contribution in [0.15, 0.2) is 35.5 Å². The summed E-state index contributed by atoms with van der Waals surface area (Å²) in [5.74, 6) is -0.473. The maximum absolute atomic E-state index is 12.7. The van der Waals surface area contributed by atoms with E-state index in [1.54, 1.807) is 38.1 Å². The molecule has 0 aliphatic carbocycles. The fraction of sp³-hybridized carbons (Fsp3) is 0.421. The Morgan fingerprint density at radius 2 is 1.93 bits per heavy atom. The van der Waals surface area contributed by atoms with E-state index in [0.29, 0.717) is 29.4 Å². The number of anilines is 1. The zero-order chi connectivity index (χ0) is 20.0. The molecule has 1 aromatic rings. The van der Waals surface area contributed by atoms with Crippen LogP contribution in [0.5, 0.6) is 0 Å². The third kappa shape index (κ3) is 5.05. The molecule has 1 aromatic carbocycles. The van der Waals surface area contributed by atoms with Crippen molar-refractivity contribution in [2.45, 2.75) is 26.3 Å². The van der Waals surface area contributed by atoms with Crippen LogP contribution in [0, 0.1) is 0 Å². The number of amides is 1. The molecule has 7 nitrogen and oxygen atoms in total. The Morgan fingerprint density at radius 3 is 2.52 bits per heavy atom. The molecule has 27 heavy (non-hydrogen) atoms. The highest BCUT2D eigenvalue weighted by Crippen LogP contribution is 2.31. The molecule has 8 heteroatoms. The van der Waals surface area contributed by atoms with Crippen LogP contribution in [-0.2, 0) is 19.1 Å². The zero-order valence-corrected chi connectivity index (χ0v) is 16.8. The first-order valence-corrected chi connectivity index (χ1v) is 9.10. The second kappa shape index (κ2) is 9.48. The van der Waals surface area contributed by atoms with E-state index in [4.69, 9.17) is 21.7 Å². The number of esters is 1. The van der Waals surface area contributed by atoms with Crippen LogP contribution in [-0.4, -0.2) is 49.3 Å². The van der Waals surface area contributed by atoms with Gasteiger partial charge in [-0.2, -0.15) is 0 Å². The molecule has 1 aliphatic rings. The number of nitrogens with one attached hydrogen (secondary N) is 2. The van der Waals surface area contributed by atoms with Gasteiger partial charge in [-0.25, -0.2) is 4.79 Å². The van der Waals surface area contributed by atoms with E-state index in [0.717, 1.165) is 11.3 Å². The molecule has 0 aromatic heterocycles. The van der Waals surface area contributed by atoms with Gasteiger partial charge in [-0.1, -0.05) is 19.1 Å². The first kappa shape index (κ1) is 20.9. The van der Waals surface area contributed by atoms with Gasteiger partial charge >= 0.3 is 5.97 Å². The van der Waals surface area contributed by atoms with E-state index in [1.807, 2.05) is 19.1 Å². The van der Waals surface area contributed by atoms with E-state index in [1.165, 1.54) is 0 Å². The molecule has 2 N–H and O–H groups in total. The topological polar surface area (TPSA) is 79.9 Å². The average molecular weight is 391 g/mol. The smallest absolute Gasteiger partial charge is 0.338 e. The number of methoxy groups -OCH3 is 1. The van der Waals surface area contributed by atoms with Gasteiger partial charge in [0.05, 0.1) is 18.2 Å². The highest BCUT2D eigenvalue weighted by molar-refractivity contribution is 7.80. The van der Waals surface area contributed by atoms with Crippen molar-refractivity contribution in [1.29, 1.82) is 0 Å². The molecular formula is C19H25N3O4S. The number of ether oxygens (including phenoxy) is 2. The van der Waals surface area contributed by atoms with Crippen molar-refractivity contribution in [3.05, 3.63) is 41.1 Å². The lowest BCUT2D eigenvalue weighted by molar-refractivity contribution is -0.140. The summed E-state index contributed by atoms with van der Waals surface area (Å²) in [7, 11) is 3.35. The Kier molecular flexibility index (Phi) is 7.32. The van der Waals surface area contributed by atoms with Gasteiger partial charge in [-0.3, -0.25) is 4.79 Å². The highest BCUT2D eigenvalue weighted by Gasteiger charge is 2.33. The second-order valence-corrected chi connectivity index (χ2v) is 6.48. The van der Waals surface area contributed by atoms with Crippen LogP contribution < -0.4 is 10.6 Å².